The van der Waals surface area contributed by atoms with Crippen molar-refractivity contribution >= 4 is 187 Å². The summed E-state index contributed by atoms with van der Waals surface area (Å²) in [6.07, 6.45) is 12.1. The van der Waals surface area contributed by atoms with Crippen LogP contribution in [0.15, 0.2) is 56.1 Å². The maximum Gasteiger partial charge on any atom is 0.332 e. The summed E-state index contributed by atoms with van der Waals surface area (Å²) >= 11 is 25.0. The van der Waals surface area contributed by atoms with Gasteiger partial charge in [0.1, 0.15) is 0 Å². The molecule has 0 saturated heterocycles. The van der Waals surface area contributed by atoms with E-state index in [9.17, 15) is 9.59 Å². The molecule has 0 aromatic heterocycles. The van der Waals surface area contributed by atoms with Crippen molar-refractivity contribution in [2.45, 2.75) is 152 Å². The molecule has 504 valence electrons. The van der Waals surface area contributed by atoms with Crippen LogP contribution in [0.2, 0.25) is 12.7 Å². The molecule has 0 spiro atoms. The van der Waals surface area contributed by atoms with Gasteiger partial charge in [0, 0.05) is 53.9 Å². The molecular formula is C51H111N27O2S7. The number of thiol groups is 1. The van der Waals surface area contributed by atoms with Gasteiger partial charge in [0.25, 0.3) is 0 Å². The van der Waals surface area contributed by atoms with Crippen LogP contribution in [0.3, 0.4) is 0 Å². The number of hydrogen-bond acceptors (Lipinski definition) is 20. The quantitative estimate of drug-likeness (QED) is 0.0205. The van der Waals surface area contributed by atoms with Crippen LogP contribution in [0.25, 0.3) is 0 Å². The highest BCUT2D eigenvalue weighted by atomic mass is 32.2. The van der Waals surface area contributed by atoms with Crippen LogP contribution in [-0.4, -0.2) is 114 Å². The Bertz CT molecular complexity index is 2240. The summed E-state index contributed by atoms with van der Waals surface area (Å²) in [4.78, 5) is 20.7. The van der Waals surface area contributed by atoms with Gasteiger partial charge in [-0.3, -0.25) is 32.5 Å². The molecule has 29 nitrogen and oxygen atoms in total. The number of nitrogens with one attached hydrogen (secondary N) is 8. The summed E-state index contributed by atoms with van der Waals surface area (Å²) in [5.41, 5.74) is 36.1. The smallest absolute Gasteiger partial charge is 0.332 e. The Labute approximate surface area is 569 Å². The number of carbonyl (C=O) groups excluding carboxylic acids is 2. The van der Waals surface area contributed by atoms with Crippen molar-refractivity contribution in [1.29, 1.82) is 5.40 Å². The fourth-order valence-corrected chi connectivity index (χ4v) is 2.83. The first kappa shape index (κ1) is 78.8. The Kier molecular flexibility index (Phi) is 62.4. The van der Waals surface area contributed by atoms with Crippen LogP contribution < -0.4 is 83.8 Å². The summed E-state index contributed by atoms with van der Waals surface area (Å²) < 4.78 is 59.3. The standard InChI is InChI=1S/C7H15N3S.C6H13N3O.3C6H13N3S.C5H11N3O.3C5H11N3S/c1-5(2)6(3)9-10-7(8)11-4;1-4(2)5(3)8-9-6(7)10;1-5(2)4-8-9-6(7)10-3;2*1-4(2)5(3)8-9-6(7)10;4*1-4(2)3-7-8-5(6)9/h5H,1-4H3,(H2,8,10);4H,1-3H3,(H3,7,9,10);4-5H,1-3H3,(H2,7,9);2*4H,1-3H3,(H3,7,9,10);4*3-4H,1-2H3,(H3,6,8,9)/b9-6+;8-5+;8-4+;2*8-5+;4*7-3+/i/hD9. The number of rotatable bonds is 18. The third-order valence-electron chi connectivity index (χ3n) is 7.70. The lowest BCUT2D eigenvalue weighted by atomic mass is 10.1. The number of amidine groups is 3. The molecule has 87 heavy (non-hydrogen) atoms. The van der Waals surface area contributed by atoms with Crippen LogP contribution >= 0.6 is 85.0 Å². The van der Waals surface area contributed by atoms with Crippen molar-refractivity contribution in [3.63, 3.8) is 0 Å². The number of hydrazone groups is 7. The summed E-state index contributed by atoms with van der Waals surface area (Å²) in [7, 11) is 0. The molecule has 0 aromatic rings. The highest BCUT2D eigenvalue weighted by Gasteiger charge is 1.99. The second-order valence-corrected chi connectivity index (χ2v) is 23.2. The molecule has 24 N–H and O–H groups in total. The van der Waals surface area contributed by atoms with Crippen LogP contribution in [0, 0.1) is 58.7 Å². The van der Waals surface area contributed by atoms with Crippen molar-refractivity contribution in [1.82, 2.24) is 38.0 Å². The van der Waals surface area contributed by atoms with E-state index in [1.807, 2.05) is 174 Å². The van der Waals surface area contributed by atoms with Gasteiger partial charge >= 0.3 is 12.1 Å². The molecule has 0 aliphatic heterocycles. The summed E-state index contributed by atoms with van der Waals surface area (Å²) in [6, 6.07) is -1.25. The molecular weight excluding hydrogens is 1250 g/mol. The van der Waals surface area contributed by atoms with Crippen molar-refractivity contribution in [3.8, 4) is 0 Å². The first-order valence-electron chi connectivity index (χ1n) is 30.9. The monoisotopic (exact) mass is 1370 g/mol. The molecule has 0 aliphatic rings. The Balaban J connectivity index is -0.000000127. The molecule has 36 heteroatoms. The zero-order valence-electron chi connectivity index (χ0n) is 64.2. The fraction of sp³-hybridized carbons (Fsp3) is 0.647. The normalized spacial score (nSPS) is 13.1. The number of nitrogens with zero attached hydrogens (tertiary/aromatic N) is 11. The molecule has 0 fully saturated rings. The van der Waals surface area contributed by atoms with Gasteiger partial charge in [-0.15, -0.1) is 22.8 Å². The van der Waals surface area contributed by atoms with Crippen molar-refractivity contribution in [2.24, 2.45) is 155 Å². The predicted molar refractivity (Wildman–Crippen MR) is 404 cm³/mol. The first-order valence-corrected chi connectivity index (χ1v) is 31.0. The Hall–Kier alpha value is -6.21. The molecule has 0 bridgehead atoms. The van der Waals surface area contributed by atoms with Crippen LogP contribution in [0.4, 0.5) is 9.59 Å². The zero-order chi connectivity index (χ0) is 76.7. The van der Waals surface area contributed by atoms with Crippen molar-refractivity contribution in [3.05, 3.63) is 0 Å². The first-order chi connectivity index (χ1) is 44.7. The summed E-state index contributed by atoms with van der Waals surface area (Å²) in [5.74, 6) is 3.37. The van der Waals surface area contributed by atoms with E-state index in [0.29, 0.717) is 63.6 Å². The lowest BCUT2D eigenvalue weighted by Crippen LogP contribution is -2.26. The second kappa shape index (κ2) is 68.9. The molecule has 0 heterocycles. The van der Waals surface area contributed by atoms with Gasteiger partial charge in [0.05, 0.1) is 0 Å². The Morgan fingerprint density at radius 1 is 0.425 bits per heavy atom. The molecule has 0 saturated carbocycles. The Morgan fingerprint density at radius 2 is 0.724 bits per heavy atom. The average Bonchev–Trinajstić information content (AvgIpc) is 3.07. The molecule has 0 aromatic carbocycles. The average molecular weight is 1370 g/mol. The molecule has 0 radical (unpaired) electrons. The molecule has 0 unspecified atom stereocenters. The third-order valence-corrected chi connectivity index (χ3v) is 9.10. The number of amides is 4. The predicted octanol–water partition coefficient (Wildman–Crippen LogP) is 7.69. The molecule has 4 amide bonds. The SMILES string of the molecule is [2H]N/C(=N/N=C(\C)C(C)C)SC.[2H]N/C(=N/N=C/C(C)C)SC.[2H]N=C(S)N/N=C/C(C)C.[2H]NC(=O)N/N=C(\C)C(C)C.[2H]NC(=O)N/N=C/C(C)C.[2H]NC(=S)N/N=C(\C)C(C)C.[2H]NC(=S)N/N=C(\C)C(C)C.[2H]NC(=S)N/N=C/C(C)C.[2H]NC(=S)N/N=C/C(C)C. The molecule has 0 rings (SSSR count). The highest BCUT2D eigenvalue weighted by molar-refractivity contribution is 8.13. The number of urea groups is 2. The van der Waals surface area contributed by atoms with Crippen molar-refractivity contribution < 1.29 is 22.3 Å². The van der Waals surface area contributed by atoms with Gasteiger partial charge < -0.3 is 45.8 Å². The lowest BCUT2D eigenvalue weighted by Gasteiger charge is -2.03. The van der Waals surface area contributed by atoms with E-state index in [0.717, 1.165) is 22.8 Å². The maximum atomic E-state index is 10.4. The zero-order valence-corrected chi connectivity index (χ0v) is 61.0. The number of thioether (sulfide) groups is 2. The maximum absolute atomic E-state index is 10.4. The van der Waals surface area contributed by atoms with Gasteiger partial charge in [0.15, 0.2) is 48.7 Å². The minimum Gasteiger partial charge on any atom is -0.377 e. The van der Waals surface area contributed by atoms with Crippen LogP contribution in [-0.2, 0) is 0 Å². The number of thiocarbonyl (C=S) groups is 4. The van der Waals surface area contributed by atoms with E-state index in [-0.39, 0.29) is 25.6 Å². The highest BCUT2D eigenvalue weighted by Crippen LogP contribution is 1.99. The number of nitrogens with two attached hydrogens (primary N) is 8. The van der Waals surface area contributed by atoms with Gasteiger partial charge in [0.2, 0.25) is 0 Å². The minimum absolute atomic E-state index is 0.192. The van der Waals surface area contributed by atoms with E-state index < -0.39 is 12.1 Å². The minimum atomic E-state index is -0.628. The van der Waals surface area contributed by atoms with Gasteiger partial charge in [-0.25, -0.2) is 20.4 Å². The van der Waals surface area contributed by atoms with E-state index >= 15 is 0 Å². The van der Waals surface area contributed by atoms with Crippen molar-refractivity contribution in [2.75, 3.05) is 12.5 Å². The number of hydrogen-bond donors (Lipinski definition) is 17. The van der Waals surface area contributed by atoms with Gasteiger partial charge in [-0.05, 0) is 142 Å². The molecule has 0 atom stereocenters. The van der Waals surface area contributed by atoms with E-state index in [2.05, 4.69) is 186 Å². The Morgan fingerprint density at radius 3 is 1.01 bits per heavy atom. The van der Waals surface area contributed by atoms with Gasteiger partial charge in [-0.2, -0.15) is 45.9 Å². The van der Waals surface area contributed by atoms with Crippen LogP contribution in [0.1, 0.15) is 152 Å². The second-order valence-electron chi connectivity index (χ2n) is 19.5. The number of primary amides is 2. The van der Waals surface area contributed by atoms with Gasteiger partial charge in [-0.1, -0.05) is 148 Å². The third kappa shape index (κ3) is 119. The molecule has 0 aliphatic carbocycles. The van der Waals surface area contributed by atoms with E-state index in [1.165, 1.54) is 23.5 Å². The van der Waals surface area contributed by atoms with E-state index in [1.54, 1.807) is 42.5 Å². The largest absolute Gasteiger partial charge is 0.377 e. The topological polar surface area (TPSA) is 486 Å². The fourth-order valence-electron chi connectivity index (χ4n) is 2.32. The van der Waals surface area contributed by atoms with Crippen LogP contribution in [0.5, 0.6) is 0 Å². The summed E-state index contributed by atoms with van der Waals surface area (Å²) in [5, 5.41) is 46.7. The lowest BCUT2D eigenvalue weighted by molar-refractivity contribution is 0.248. The van der Waals surface area contributed by atoms with E-state index in [4.69, 9.17) is 12.7 Å². The summed E-state index contributed by atoms with van der Waals surface area (Å²) in [6.45, 7) is 43.7. The number of carbonyl (C=O) groups is 2.